The van der Waals surface area contributed by atoms with E-state index in [1.807, 2.05) is 0 Å². The molecule has 94 valence electrons. The predicted molar refractivity (Wildman–Crippen MR) is 54.6 cm³/mol. The molecule has 0 saturated heterocycles. The van der Waals surface area contributed by atoms with E-state index in [0.717, 1.165) is 24.3 Å². The summed E-state index contributed by atoms with van der Waals surface area (Å²) in [7, 11) is 0. The Morgan fingerprint density at radius 3 is 2.06 bits per heavy atom. The Morgan fingerprint density at radius 2 is 1.50 bits per heavy atom. The SMILES string of the molecule is Fc1cc(F)cc(-c2cccc(C(F)(F)F)n2)c1. The molecule has 1 nitrogen and oxygen atoms in total. The molecule has 0 aliphatic heterocycles. The zero-order chi connectivity index (χ0) is 13.3. The molecule has 0 saturated carbocycles. The summed E-state index contributed by atoms with van der Waals surface area (Å²) in [6.45, 7) is 0. The Bertz CT molecular complexity index is 557. The molecular formula is C12H6F5N. The highest BCUT2D eigenvalue weighted by molar-refractivity contribution is 5.59. The number of hydrogen-bond donors (Lipinski definition) is 0. The second-order valence-corrected chi connectivity index (χ2v) is 3.56. The lowest BCUT2D eigenvalue weighted by molar-refractivity contribution is -0.141. The van der Waals surface area contributed by atoms with Crippen molar-refractivity contribution < 1.29 is 22.0 Å². The third-order valence-corrected chi connectivity index (χ3v) is 2.20. The lowest BCUT2D eigenvalue weighted by atomic mass is 10.1. The van der Waals surface area contributed by atoms with E-state index in [2.05, 4.69) is 4.98 Å². The third-order valence-electron chi connectivity index (χ3n) is 2.20. The summed E-state index contributed by atoms with van der Waals surface area (Å²) in [6, 6.07) is 5.66. The highest BCUT2D eigenvalue weighted by atomic mass is 19.4. The van der Waals surface area contributed by atoms with Gasteiger partial charge in [0.15, 0.2) is 0 Å². The van der Waals surface area contributed by atoms with Crippen LogP contribution in [0.5, 0.6) is 0 Å². The standard InChI is InChI=1S/C12H6F5N/c13-8-4-7(5-9(14)6-8)10-2-1-3-11(18-10)12(15,16)17/h1-6H. The van der Waals surface area contributed by atoms with E-state index in [1.54, 1.807) is 0 Å². The van der Waals surface area contributed by atoms with Crippen molar-refractivity contribution in [2.24, 2.45) is 0 Å². The van der Waals surface area contributed by atoms with Gasteiger partial charge in [-0.05, 0) is 24.3 Å². The number of pyridine rings is 1. The molecule has 2 aromatic rings. The molecule has 0 radical (unpaired) electrons. The molecule has 0 amide bonds. The fraction of sp³-hybridized carbons (Fsp3) is 0.0833. The molecule has 0 unspecified atom stereocenters. The summed E-state index contributed by atoms with van der Waals surface area (Å²) in [6.07, 6.45) is -4.60. The topological polar surface area (TPSA) is 12.9 Å². The van der Waals surface area contributed by atoms with Crippen molar-refractivity contribution in [2.45, 2.75) is 6.18 Å². The van der Waals surface area contributed by atoms with E-state index in [0.29, 0.717) is 6.07 Å². The summed E-state index contributed by atoms with van der Waals surface area (Å²) >= 11 is 0. The molecule has 0 fully saturated rings. The Labute approximate surface area is 98.9 Å². The summed E-state index contributed by atoms with van der Waals surface area (Å²) < 4.78 is 63.2. The molecule has 0 atom stereocenters. The predicted octanol–water partition coefficient (Wildman–Crippen LogP) is 4.05. The Balaban J connectivity index is 2.51. The van der Waals surface area contributed by atoms with E-state index in [1.165, 1.54) is 6.07 Å². The van der Waals surface area contributed by atoms with Crippen LogP contribution in [0.15, 0.2) is 36.4 Å². The summed E-state index contributed by atoms with van der Waals surface area (Å²) in [5.74, 6) is -1.74. The molecule has 1 heterocycles. The van der Waals surface area contributed by atoms with Crippen LogP contribution >= 0.6 is 0 Å². The van der Waals surface area contributed by atoms with Crippen LogP contribution in [0, 0.1) is 11.6 Å². The number of benzene rings is 1. The average molecular weight is 259 g/mol. The van der Waals surface area contributed by atoms with E-state index in [4.69, 9.17) is 0 Å². The molecule has 2 rings (SSSR count). The Morgan fingerprint density at radius 1 is 0.889 bits per heavy atom. The highest BCUT2D eigenvalue weighted by Gasteiger charge is 2.32. The van der Waals surface area contributed by atoms with Crippen LogP contribution in [0.4, 0.5) is 22.0 Å². The second-order valence-electron chi connectivity index (χ2n) is 3.56. The number of alkyl halides is 3. The fourth-order valence-electron chi connectivity index (χ4n) is 1.46. The minimum atomic E-state index is -4.60. The maximum Gasteiger partial charge on any atom is 0.433 e. The van der Waals surface area contributed by atoms with Crippen LogP contribution in [0.25, 0.3) is 11.3 Å². The molecule has 1 aromatic carbocycles. The first kappa shape index (κ1) is 12.5. The van der Waals surface area contributed by atoms with Crippen molar-refractivity contribution in [3.63, 3.8) is 0 Å². The number of rotatable bonds is 1. The van der Waals surface area contributed by atoms with Gasteiger partial charge in [-0.2, -0.15) is 13.2 Å². The van der Waals surface area contributed by atoms with Gasteiger partial charge in [-0.15, -0.1) is 0 Å². The molecule has 1 aromatic heterocycles. The van der Waals surface area contributed by atoms with Gasteiger partial charge in [0, 0.05) is 11.6 Å². The normalized spacial score (nSPS) is 11.6. The number of hydrogen-bond acceptors (Lipinski definition) is 1. The lowest BCUT2D eigenvalue weighted by Gasteiger charge is -2.07. The first-order valence-corrected chi connectivity index (χ1v) is 4.87. The maximum absolute atomic E-state index is 13.0. The third kappa shape index (κ3) is 2.64. The quantitative estimate of drug-likeness (QED) is 0.704. The van der Waals surface area contributed by atoms with Crippen LogP contribution in [0.2, 0.25) is 0 Å². The van der Waals surface area contributed by atoms with Crippen LogP contribution in [0.3, 0.4) is 0 Å². The average Bonchev–Trinajstić information content (AvgIpc) is 2.27. The van der Waals surface area contributed by atoms with Crippen LogP contribution in [0.1, 0.15) is 5.69 Å². The van der Waals surface area contributed by atoms with Gasteiger partial charge in [0.25, 0.3) is 0 Å². The van der Waals surface area contributed by atoms with Gasteiger partial charge in [-0.1, -0.05) is 6.07 Å². The smallest absolute Gasteiger partial charge is 0.243 e. The fourth-order valence-corrected chi connectivity index (χ4v) is 1.46. The van der Waals surface area contributed by atoms with Crippen molar-refractivity contribution in [1.29, 1.82) is 0 Å². The van der Waals surface area contributed by atoms with Gasteiger partial charge in [0.2, 0.25) is 0 Å². The minimum absolute atomic E-state index is 0.0430. The number of halogens is 5. The zero-order valence-electron chi connectivity index (χ0n) is 8.80. The molecule has 6 heteroatoms. The molecular weight excluding hydrogens is 253 g/mol. The second kappa shape index (κ2) is 4.36. The highest BCUT2D eigenvalue weighted by Crippen LogP contribution is 2.29. The van der Waals surface area contributed by atoms with E-state index in [9.17, 15) is 22.0 Å². The molecule has 0 N–H and O–H groups in total. The van der Waals surface area contributed by atoms with E-state index in [-0.39, 0.29) is 11.3 Å². The molecule has 0 aliphatic carbocycles. The van der Waals surface area contributed by atoms with Crippen LogP contribution < -0.4 is 0 Å². The van der Waals surface area contributed by atoms with E-state index < -0.39 is 23.5 Å². The van der Waals surface area contributed by atoms with Crippen LogP contribution in [-0.4, -0.2) is 4.98 Å². The molecule has 0 aliphatic rings. The summed E-state index contributed by atoms with van der Waals surface area (Å²) in [4.78, 5) is 3.34. The Hall–Kier alpha value is -1.98. The van der Waals surface area contributed by atoms with Gasteiger partial charge >= 0.3 is 6.18 Å². The molecule has 0 spiro atoms. The largest absolute Gasteiger partial charge is 0.433 e. The first-order valence-electron chi connectivity index (χ1n) is 4.87. The van der Waals surface area contributed by atoms with Gasteiger partial charge in [-0.25, -0.2) is 13.8 Å². The van der Waals surface area contributed by atoms with Gasteiger partial charge < -0.3 is 0 Å². The van der Waals surface area contributed by atoms with Gasteiger partial charge in [0.05, 0.1) is 5.69 Å². The minimum Gasteiger partial charge on any atom is -0.243 e. The monoisotopic (exact) mass is 259 g/mol. The van der Waals surface area contributed by atoms with Gasteiger partial charge in [-0.3, -0.25) is 0 Å². The maximum atomic E-state index is 13.0. The van der Waals surface area contributed by atoms with Crippen molar-refractivity contribution in [3.8, 4) is 11.3 Å². The van der Waals surface area contributed by atoms with Crippen LogP contribution in [-0.2, 0) is 6.18 Å². The molecule has 18 heavy (non-hydrogen) atoms. The Kier molecular flexibility index (Phi) is 3.02. The van der Waals surface area contributed by atoms with Crippen molar-refractivity contribution in [3.05, 3.63) is 53.7 Å². The number of aromatic nitrogens is 1. The zero-order valence-corrected chi connectivity index (χ0v) is 8.80. The van der Waals surface area contributed by atoms with Crippen molar-refractivity contribution in [2.75, 3.05) is 0 Å². The summed E-state index contributed by atoms with van der Waals surface area (Å²) in [5.41, 5.74) is -1.29. The van der Waals surface area contributed by atoms with Gasteiger partial charge in [0.1, 0.15) is 17.3 Å². The first-order chi connectivity index (χ1) is 8.36. The number of nitrogens with zero attached hydrogens (tertiary/aromatic N) is 1. The lowest BCUT2D eigenvalue weighted by Crippen LogP contribution is -2.08. The van der Waals surface area contributed by atoms with E-state index >= 15 is 0 Å². The summed E-state index contributed by atoms with van der Waals surface area (Å²) in [5, 5.41) is 0. The molecule has 0 bridgehead atoms. The van der Waals surface area contributed by atoms with Crippen molar-refractivity contribution in [1.82, 2.24) is 4.98 Å². The van der Waals surface area contributed by atoms with Crippen molar-refractivity contribution >= 4 is 0 Å².